The van der Waals surface area contributed by atoms with Gasteiger partial charge in [0.25, 0.3) is 0 Å². The first-order valence-electron chi connectivity index (χ1n) is 7.01. The van der Waals surface area contributed by atoms with Crippen molar-refractivity contribution in [3.05, 3.63) is 34.6 Å². The normalized spacial score (nSPS) is 18.9. The van der Waals surface area contributed by atoms with Crippen LogP contribution in [0.2, 0.25) is 5.02 Å². The van der Waals surface area contributed by atoms with Crippen LogP contribution < -0.4 is 10.6 Å². The summed E-state index contributed by atoms with van der Waals surface area (Å²) >= 11 is 5.75. The Hall–Kier alpha value is -0.840. The maximum atomic E-state index is 13.1. The zero-order valence-electron chi connectivity index (χ0n) is 12.0. The summed E-state index contributed by atoms with van der Waals surface area (Å²) in [4.78, 5) is 11.9. The molecule has 3 nitrogen and oxygen atoms in total. The summed E-state index contributed by atoms with van der Waals surface area (Å²) in [5.74, 6) is 0.198. The molecule has 2 unspecified atom stereocenters. The maximum Gasteiger partial charge on any atom is 0.220 e. The molecule has 6 heteroatoms. The van der Waals surface area contributed by atoms with E-state index >= 15 is 0 Å². The third-order valence-electron chi connectivity index (χ3n) is 3.76. The van der Waals surface area contributed by atoms with Crippen LogP contribution in [-0.4, -0.2) is 19.0 Å². The molecule has 0 aliphatic carbocycles. The van der Waals surface area contributed by atoms with Crippen LogP contribution in [0.4, 0.5) is 4.39 Å². The Balaban J connectivity index is 0.00000220. The van der Waals surface area contributed by atoms with Crippen LogP contribution in [0.25, 0.3) is 0 Å². The molecule has 2 atom stereocenters. The molecular formula is C15H21Cl2FN2O. The summed E-state index contributed by atoms with van der Waals surface area (Å²) < 4.78 is 13.1. The quantitative estimate of drug-likeness (QED) is 0.865. The standard InChI is InChI=1S/C15H20ClFN2O.ClH/c1-10(12-3-4-14(17)13(16)8-12)19-15(20)5-2-11-6-7-18-9-11;/h3-4,8,10-11,18H,2,5-7,9H2,1H3,(H,19,20);1H. The van der Waals surface area contributed by atoms with Crippen LogP contribution in [0, 0.1) is 11.7 Å². The van der Waals surface area contributed by atoms with Gasteiger partial charge in [-0.05, 0) is 56.5 Å². The highest BCUT2D eigenvalue weighted by molar-refractivity contribution is 6.30. The molecule has 2 N–H and O–H groups in total. The molecule has 118 valence electrons. The first kappa shape index (κ1) is 18.2. The Labute approximate surface area is 136 Å². The average molecular weight is 335 g/mol. The topological polar surface area (TPSA) is 41.1 Å². The molecule has 1 aromatic carbocycles. The minimum absolute atomic E-state index is 0. The number of benzene rings is 1. The van der Waals surface area contributed by atoms with Gasteiger partial charge in [-0.3, -0.25) is 4.79 Å². The molecule has 1 aromatic rings. The van der Waals surface area contributed by atoms with Crippen LogP contribution >= 0.6 is 24.0 Å². The Morgan fingerprint density at radius 3 is 2.95 bits per heavy atom. The Morgan fingerprint density at radius 2 is 2.33 bits per heavy atom. The van der Waals surface area contributed by atoms with E-state index < -0.39 is 5.82 Å². The SMILES string of the molecule is CC(NC(=O)CCC1CCNC1)c1ccc(F)c(Cl)c1.Cl. The predicted molar refractivity (Wildman–Crippen MR) is 85.4 cm³/mol. The smallest absolute Gasteiger partial charge is 0.220 e. The van der Waals surface area contributed by atoms with Gasteiger partial charge in [-0.15, -0.1) is 12.4 Å². The van der Waals surface area contributed by atoms with Gasteiger partial charge in [-0.2, -0.15) is 0 Å². The fourth-order valence-electron chi connectivity index (χ4n) is 2.47. The van der Waals surface area contributed by atoms with Crippen molar-refractivity contribution in [2.45, 2.75) is 32.2 Å². The number of hydrogen-bond donors (Lipinski definition) is 2. The lowest BCUT2D eigenvalue weighted by Gasteiger charge is -2.15. The van der Waals surface area contributed by atoms with Crippen molar-refractivity contribution in [2.24, 2.45) is 5.92 Å². The van der Waals surface area contributed by atoms with E-state index in [1.165, 1.54) is 6.07 Å². The van der Waals surface area contributed by atoms with Crippen molar-refractivity contribution in [2.75, 3.05) is 13.1 Å². The highest BCUT2D eigenvalue weighted by atomic mass is 35.5. The zero-order valence-corrected chi connectivity index (χ0v) is 13.6. The van der Waals surface area contributed by atoms with E-state index in [2.05, 4.69) is 10.6 Å². The highest BCUT2D eigenvalue weighted by Gasteiger charge is 2.17. The van der Waals surface area contributed by atoms with Crippen molar-refractivity contribution in [1.29, 1.82) is 0 Å². The maximum absolute atomic E-state index is 13.1. The summed E-state index contributed by atoms with van der Waals surface area (Å²) in [6, 6.07) is 4.36. The number of hydrogen-bond acceptors (Lipinski definition) is 2. The summed E-state index contributed by atoms with van der Waals surface area (Å²) in [6.07, 6.45) is 2.59. The molecule has 1 heterocycles. The molecule has 0 aromatic heterocycles. The lowest BCUT2D eigenvalue weighted by atomic mass is 10.0. The van der Waals surface area contributed by atoms with Crippen molar-refractivity contribution in [1.82, 2.24) is 10.6 Å². The van der Waals surface area contributed by atoms with Crippen LogP contribution in [0.1, 0.15) is 37.8 Å². The Morgan fingerprint density at radius 1 is 1.57 bits per heavy atom. The zero-order chi connectivity index (χ0) is 14.5. The second-order valence-corrected chi connectivity index (χ2v) is 5.77. The number of rotatable bonds is 5. The molecule has 1 aliphatic heterocycles. The molecule has 0 bridgehead atoms. The molecular weight excluding hydrogens is 314 g/mol. The molecule has 21 heavy (non-hydrogen) atoms. The molecule has 0 radical (unpaired) electrons. The average Bonchev–Trinajstić information content (AvgIpc) is 2.92. The van der Waals surface area contributed by atoms with E-state index in [1.807, 2.05) is 6.92 Å². The fraction of sp³-hybridized carbons (Fsp3) is 0.533. The summed E-state index contributed by atoms with van der Waals surface area (Å²) in [6.45, 7) is 3.94. The van der Waals surface area contributed by atoms with Gasteiger partial charge in [0.2, 0.25) is 5.91 Å². The third-order valence-corrected chi connectivity index (χ3v) is 4.05. The van der Waals surface area contributed by atoms with Crippen molar-refractivity contribution >= 4 is 29.9 Å². The van der Waals surface area contributed by atoms with Gasteiger partial charge >= 0.3 is 0 Å². The van der Waals surface area contributed by atoms with Crippen LogP contribution in [-0.2, 0) is 4.79 Å². The first-order chi connectivity index (χ1) is 9.56. The predicted octanol–water partition coefficient (Wildman–Crippen LogP) is 3.47. The van der Waals surface area contributed by atoms with Gasteiger partial charge in [0.15, 0.2) is 0 Å². The number of halogens is 3. The summed E-state index contributed by atoms with van der Waals surface area (Å²) in [5, 5.41) is 6.30. The number of carbonyl (C=O) groups is 1. The molecule has 0 spiro atoms. The number of nitrogens with one attached hydrogen (secondary N) is 2. The minimum Gasteiger partial charge on any atom is -0.350 e. The van der Waals surface area contributed by atoms with E-state index in [4.69, 9.17) is 11.6 Å². The third kappa shape index (κ3) is 5.46. The summed E-state index contributed by atoms with van der Waals surface area (Å²) in [7, 11) is 0. The minimum atomic E-state index is -0.442. The molecule has 1 amide bonds. The monoisotopic (exact) mass is 334 g/mol. The Bertz CT molecular complexity index is 479. The molecule has 1 saturated heterocycles. The highest BCUT2D eigenvalue weighted by Crippen LogP contribution is 2.21. The lowest BCUT2D eigenvalue weighted by Crippen LogP contribution is -2.27. The second kappa shape index (κ2) is 8.57. The van der Waals surface area contributed by atoms with Crippen molar-refractivity contribution in [3.63, 3.8) is 0 Å². The number of carbonyl (C=O) groups excluding carboxylic acids is 1. The van der Waals surface area contributed by atoms with Crippen LogP contribution in [0.3, 0.4) is 0 Å². The largest absolute Gasteiger partial charge is 0.350 e. The van der Waals surface area contributed by atoms with E-state index in [1.54, 1.807) is 12.1 Å². The van der Waals surface area contributed by atoms with E-state index in [0.29, 0.717) is 12.3 Å². The van der Waals surface area contributed by atoms with Crippen LogP contribution in [0.15, 0.2) is 18.2 Å². The van der Waals surface area contributed by atoms with E-state index in [0.717, 1.165) is 31.5 Å². The van der Waals surface area contributed by atoms with Gasteiger partial charge < -0.3 is 10.6 Å². The molecule has 1 fully saturated rings. The van der Waals surface area contributed by atoms with Gasteiger partial charge in [-0.1, -0.05) is 17.7 Å². The van der Waals surface area contributed by atoms with Crippen LogP contribution in [0.5, 0.6) is 0 Å². The van der Waals surface area contributed by atoms with Gasteiger partial charge in [0.1, 0.15) is 5.82 Å². The number of amides is 1. The van der Waals surface area contributed by atoms with Crippen molar-refractivity contribution in [3.8, 4) is 0 Å². The Kier molecular flexibility index (Phi) is 7.43. The molecule has 2 rings (SSSR count). The molecule has 1 aliphatic rings. The second-order valence-electron chi connectivity index (χ2n) is 5.36. The summed E-state index contributed by atoms with van der Waals surface area (Å²) in [5.41, 5.74) is 0.812. The lowest BCUT2D eigenvalue weighted by molar-refractivity contribution is -0.122. The van der Waals surface area contributed by atoms with Gasteiger partial charge in [0, 0.05) is 6.42 Å². The van der Waals surface area contributed by atoms with E-state index in [9.17, 15) is 9.18 Å². The van der Waals surface area contributed by atoms with Gasteiger partial charge in [-0.25, -0.2) is 4.39 Å². The van der Waals surface area contributed by atoms with E-state index in [-0.39, 0.29) is 29.4 Å². The first-order valence-corrected chi connectivity index (χ1v) is 7.39. The van der Waals surface area contributed by atoms with Crippen molar-refractivity contribution < 1.29 is 9.18 Å². The van der Waals surface area contributed by atoms with Gasteiger partial charge in [0.05, 0.1) is 11.1 Å². The fourth-order valence-corrected chi connectivity index (χ4v) is 2.66. The molecule has 0 saturated carbocycles.